The molecule has 144 valence electrons. The molecule has 2 aliphatic heterocycles. The summed E-state index contributed by atoms with van der Waals surface area (Å²) in [6, 6.07) is 14.4. The lowest BCUT2D eigenvalue weighted by atomic mass is 10.1. The summed E-state index contributed by atoms with van der Waals surface area (Å²) >= 11 is 0. The Kier molecular flexibility index (Phi) is 5.82. The van der Waals surface area contributed by atoms with E-state index in [1.54, 1.807) is 0 Å². The van der Waals surface area contributed by atoms with Gasteiger partial charge in [0, 0.05) is 29.4 Å². The molecule has 27 heavy (non-hydrogen) atoms. The van der Waals surface area contributed by atoms with Crippen LogP contribution in [0.25, 0.3) is 22.6 Å². The quantitative estimate of drug-likeness (QED) is 0.619. The largest absolute Gasteiger partial charge is 0.494 e. The minimum absolute atomic E-state index is 0.211. The van der Waals surface area contributed by atoms with Crippen molar-refractivity contribution >= 4 is 0 Å². The minimum atomic E-state index is -0.767. The van der Waals surface area contributed by atoms with Crippen LogP contribution < -0.4 is 4.74 Å². The fourth-order valence-electron chi connectivity index (χ4n) is 3.56. The maximum Gasteiger partial charge on any atom is 0.192 e. The fraction of sp³-hybridized carbons (Fsp3) is 0.409. The van der Waals surface area contributed by atoms with Crippen molar-refractivity contribution in [3.63, 3.8) is 0 Å². The first-order valence-electron chi connectivity index (χ1n) is 9.58. The molecule has 1 aromatic rings. The average molecular weight is 367 g/mol. The van der Waals surface area contributed by atoms with E-state index in [9.17, 15) is 5.11 Å². The van der Waals surface area contributed by atoms with Crippen molar-refractivity contribution in [2.24, 2.45) is 0 Å². The second kappa shape index (κ2) is 8.11. The van der Waals surface area contributed by atoms with Gasteiger partial charge in [-0.1, -0.05) is 0 Å². The number of pyridine rings is 1. The number of benzene rings is 1. The van der Waals surface area contributed by atoms with Crippen molar-refractivity contribution in [1.29, 1.82) is 0 Å². The van der Waals surface area contributed by atoms with Crippen LogP contribution in [0.5, 0.6) is 5.75 Å². The van der Waals surface area contributed by atoms with Gasteiger partial charge < -0.3 is 9.84 Å². The zero-order valence-corrected chi connectivity index (χ0v) is 16.8. The molecule has 0 amide bonds. The number of hydrogen-bond donors (Lipinski definition) is 1. The molecule has 0 saturated carbocycles. The molecule has 1 N–H and O–H groups in total. The zero-order chi connectivity index (χ0) is 19.6. The Balaban J connectivity index is 1.98. The third kappa shape index (κ3) is 3.99. The van der Waals surface area contributed by atoms with Crippen LogP contribution in [0.1, 0.15) is 41.0 Å². The van der Waals surface area contributed by atoms with Crippen LogP contribution in [0.15, 0.2) is 48.7 Å². The molecular weight excluding hydrogens is 338 g/mol. The lowest BCUT2D eigenvalue weighted by Gasteiger charge is -2.36. The maximum absolute atomic E-state index is 11.0. The van der Waals surface area contributed by atoms with E-state index < -0.39 is 6.35 Å². The van der Waals surface area contributed by atoms with Gasteiger partial charge >= 0.3 is 0 Å². The number of ether oxygens (including phenoxy) is 1. The zero-order valence-electron chi connectivity index (χ0n) is 16.8. The van der Waals surface area contributed by atoms with Crippen LogP contribution in [-0.2, 0) is 0 Å². The number of aliphatic hydroxyl groups is 1. The van der Waals surface area contributed by atoms with Crippen LogP contribution in [0.4, 0.5) is 0 Å². The van der Waals surface area contributed by atoms with Crippen LogP contribution >= 0.6 is 0 Å². The molecule has 1 unspecified atom stereocenters. The molecule has 0 radical (unpaired) electrons. The topological polar surface area (TPSA) is 50.5 Å². The molecule has 0 bridgehead atoms. The summed E-state index contributed by atoms with van der Waals surface area (Å²) in [6.45, 7) is 11.0. The molecule has 0 fully saturated rings. The molecule has 5 nitrogen and oxygen atoms in total. The summed E-state index contributed by atoms with van der Waals surface area (Å²) < 4.78 is 7.35. The van der Waals surface area contributed by atoms with Crippen LogP contribution in [0, 0.1) is 0 Å². The Hall–Kier alpha value is -2.37. The number of fused-ring (bicyclic) bond motifs is 1. The number of rotatable bonds is 7. The van der Waals surface area contributed by atoms with Gasteiger partial charge in [0.05, 0.1) is 12.3 Å². The maximum atomic E-state index is 11.0. The van der Waals surface area contributed by atoms with Gasteiger partial charge in [-0.15, -0.1) is 0 Å². The number of nitrogens with zero attached hydrogens (tertiary/aromatic N) is 3. The van der Waals surface area contributed by atoms with E-state index in [1.807, 2.05) is 54.1 Å². The Morgan fingerprint density at radius 1 is 1.04 bits per heavy atom. The second-order valence-corrected chi connectivity index (χ2v) is 7.27. The van der Waals surface area contributed by atoms with Gasteiger partial charge in [0.25, 0.3) is 0 Å². The fourth-order valence-corrected chi connectivity index (χ4v) is 3.56. The molecular formula is C22H29N3O2. The van der Waals surface area contributed by atoms with Crippen molar-refractivity contribution in [2.75, 3.05) is 6.61 Å². The summed E-state index contributed by atoms with van der Waals surface area (Å²) in [4.78, 5) is 6.88. The highest BCUT2D eigenvalue weighted by atomic mass is 16.5. The van der Waals surface area contributed by atoms with Crippen LogP contribution in [0.2, 0.25) is 0 Å². The molecule has 1 atom stereocenters. The predicted molar refractivity (Wildman–Crippen MR) is 109 cm³/mol. The second-order valence-electron chi connectivity index (χ2n) is 7.27. The number of aromatic nitrogens is 2. The van der Waals surface area contributed by atoms with Crippen LogP contribution in [-0.4, -0.2) is 38.2 Å². The molecule has 0 saturated heterocycles. The van der Waals surface area contributed by atoms with E-state index in [4.69, 9.17) is 9.72 Å². The Morgan fingerprint density at radius 2 is 1.70 bits per heavy atom. The standard InChI is InChI=1S/C22H29N3O2/c1-6-27-19-11-9-17(10-12-19)20-14-18-8-7-13-24(21(18)23-20)22(26)25(15(2)3)16(4)5/h7-16,22,26H,6H2,1-5H3. The highest BCUT2D eigenvalue weighted by Crippen LogP contribution is 2.32. The average Bonchev–Trinajstić information content (AvgIpc) is 3.06. The van der Waals surface area contributed by atoms with Gasteiger partial charge in [-0.05, 0) is 77.1 Å². The number of aliphatic hydroxyl groups excluding tert-OH is 1. The third-order valence-electron chi connectivity index (χ3n) is 4.71. The van der Waals surface area contributed by atoms with E-state index in [2.05, 4.69) is 38.7 Å². The lowest BCUT2D eigenvalue weighted by Crippen LogP contribution is -2.42. The van der Waals surface area contributed by atoms with Gasteiger partial charge in [-0.3, -0.25) is 9.47 Å². The minimum Gasteiger partial charge on any atom is -0.494 e. The van der Waals surface area contributed by atoms with E-state index in [-0.39, 0.29) is 12.1 Å². The molecule has 1 aromatic carbocycles. The first kappa shape index (κ1) is 19.4. The smallest absolute Gasteiger partial charge is 0.192 e. The van der Waals surface area contributed by atoms with Gasteiger partial charge in [-0.2, -0.15) is 0 Å². The van der Waals surface area contributed by atoms with Crippen molar-refractivity contribution in [2.45, 2.75) is 53.1 Å². The highest BCUT2D eigenvalue weighted by Gasteiger charge is 2.26. The molecule has 0 aromatic heterocycles. The van der Waals surface area contributed by atoms with Gasteiger partial charge in [0.15, 0.2) is 6.35 Å². The SMILES string of the molecule is CCOc1ccc(-c2cc3cccn(C(O)N(C(C)C)C(C)C)c-3n2)cc1. The summed E-state index contributed by atoms with van der Waals surface area (Å²) in [7, 11) is 0. The molecule has 2 aliphatic rings. The van der Waals surface area contributed by atoms with Gasteiger partial charge in [-0.25, -0.2) is 4.98 Å². The molecule has 2 heterocycles. The van der Waals surface area contributed by atoms with Gasteiger partial charge in [0.1, 0.15) is 11.6 Å². The third-order valence-corrected chi connectivity index (χ3v) is 4.71. The lowest BCUT2D eigenvalue weighted by molar-refractivity contribution is -0.0888. The van der Waals surface area contributed by atoms with Crippen molar-refractivity contribution in [3.8, 4) is 28.4 Å². The predicted octanol–water partition coefficient (Wildman–Crippen LogP) is 4.62. The first-order chi connectivity index (χ1) is 12.9. The van der Waals surface area contributed by atoms with E-state index in [0.29, 0.717) is 6.61 Å². The first-order valence-corrected chi connectivity index (χ1v) is 9.58. The molecule has 5 heteroatoms. The van der Waals surface area contributed by atoms with Crippen molar-refractivity contribution in [1.82, 2.24) is 14.5 Å². The summed E-state index contributed by atoms with van der Waals surface area (Å²) in [5, 5.41) is 11.0. The van der Waals surface area contributed by atoms with Crippen molar-refractivity contribution < 1.29 is 9.84 Å². The van der Waals surface area contributed by atoms with E-state index in [1.165, 1.54) is 0 Å². The van der Waals surface area contributed by atoms with E-state index >= 15 is 0 Å². The summed E-state index contributed by atoms with van der Waals surface area (Å²) in [6.07, 6.45) is 1.12. The monoisotopic (exact) mass is 367 g/mol. The Labute approximate surface area is 161 Å². The van der Waals surface area contributed by atoms with E-state index in [0.717, 1.165) is 28.4 Å². The Bertz CT molecular complexity index is 831. The normalized spacial score (nSPS) is 13.1. The highest BCUT2D eigenvalue weighted by molar-refractivity contribution is 5.72. The van der Waals surface area contributed by atoms with Gasteiger partial charge in [0.2, 0.25) is 0 Å². The summed E-state index contributed by atoms with van der Waals surface area (Å²) in [5.74, 6) is 1.63. The molecule has 3 rings (SSSR count). The summed E-state index contributed by atoms with van der Waals surface area (Å²) in [5.41, 5.74) is 2.93. The Morgan fingerprint density at radius 3 is 2.30 bits per heavy atom. The molecule has 0 spiro atoms. The molecule has 0 aliphatic carbocycles. The van der Waals surface area contributed by atoms with Crippen molar-refractivity contribution in [3.05, 3.63) is 48.7 Å². The van der Waals surface area contributed by atoms with Crippen LogP contribution in [0.3, 0.4) is 0 Å². The number of hydrogen-bond acceptors (Lipinski definition) is 4.